The van der Waals surface area contributed by atoms with Crippen molar-refractivity contribution in [2.24, 2.45) is 11.8 Å². The minimum Gasteiger partial charge on any atom is -0.481 e. The molecule has 0 unspecified atom stereocenters. The second-order valence-electron chi connectivity index (χ2n) is 5.53. The molecule has 108 valence electrons. The summed E-state index contributed by atoms with van der Waals surface area (Å²) in [5, 5.41) is 14.2. The highest BCUT2D eigenvalue weighted by Gasteiger charge is 2.37. The standard InChI is InChI=1S/C17H17NO3/c19-16(14-6-3-7-15(14)17(20)21)18-13-9-8-11-4-1-2-5-12(11)10-13/h1-2,4-5,8-10,14-15H,3,6-7H2,(H,18,19)(H,20,21)/t14-,15+/m1/s1. The molecule has 1 fully saturated rings. The second-order valence-corrected chi connectivity index (χ2v) is 5.53. The highest BCUT2D eigenvalue weighted by atomic mass is 16.4. The quantitative estimate of drug-likeness (QED) is 0.908. The number of carbonyl (C=O) groups is 2. The molecule has 21 heavy (non-hydrogen) atoms. The SMILES string of the molecule is O=C(O)[C@H]1CCC[C@H]1C(=O)Nc1ccc2ccccc2c1. The summed E-state index contributed by atoms with van der Waals surface area (Å²) in [5.41, 5.74) is 0.717. The van der Waals surface area contributed by atoms with Crippen LogP contribution in [0.25, 0.3) is 10.8 Å². The van der Waals surface area contributed by atoms with E-state index in [1.807, 2.05) is 42.5 Å². The van der Waals surface area contributed by atoms with E-state index in [0.717, 1.165) is 22.9 Å². The molecular weight excluding hydrogens is 266 g/mol. The highest BCUT2D eigenvalue weighted by molar-refractivity contribution is 5.97. The van der Waals surface area contributed by atoms with Gasteiger partial charge in [0, 0.05) is 5.69 Å². The van der Waals surface area contributed by atoms with Crippen molar-refractivity contribution in [3.8, 4) is 0 Å². The monoisotopic (exact) mass is 283 g/mol. The predicted octanol–water partition coefficient (Wildman–Crippen LogP) is 3.28. The Morgan fingerprint density at radius 1 is 1.00 bits per heavy atom. The van der Waals surface area contributed by atoms with Crippen LogP contribution in [0.15, 0.2) is 42.5 Å². The molecule has 1 aliphatic rings. The summed E-state index contributed by atoms with van der Waals surface area (Å²) in [6.07, 6.45) is 2.04. The number of amides is 1. The van der Waals surface area contributed by atoms with E-state index >= 15 is 0 Å². The van der Waals surface area contributed by atoms with Crippen LogP contribution in [0.1, 0.15) is 19.3 Å². The fourth-order valence-electron chi connectivity index (χ4n) is 3.07. The first kappa shape index (κ1) is 13.6. The molecule has 4 heteroatoms. The molecule has 0 radical (unpaired) electrons. The van der Waals surface area contributed by atoms with Gasteiger partial charge >= 0.3 is 5.97 Å². The molecule has 1 aliphatic carbocycles. The molecule has 1 saturated carbocycles. The van der Waals surface area contributed by atoms with Crippen molar-refractivity contribution >= 4 is 28.3 Å². The van der Waals surface area contributed by atoms with Crippen LogP contribution >= 0.6 is 0 Å². The fourth-order valence-corrected chi connectivity index (χ4v) is 3.07. The Kier molecular flexibility index (Phi) is 3.60. The summed E-state index contributed by atoms with van der Waals surface area (Å²) < 4.78 is 0. The maximum atomic E-state index is 12.3. The molecule has 0 saturated heterocycles. The molecule has 3 rings (SSSR count). The molecule has 2 aromatic carbocycles. The van der Waals surface area contributed by atoms with Crippen molar-refractivity contribution in [2.45, 2.75) is 19.3 Å². The summed E-state index contributed by atoms with van der Waals surface area (Å²) in [6.45, 7) is 0. The van der Waals surface area contributed by atoms with E-state index in [2.05, 4.69) is 5.32 Å². The average Bonchev–Trinajstić information content (AvgIpc) is 2.97. The van der Waals surface area contributed by atoms with Crippen LogP contribution in [0.2, 0.25) is 0 Å². The average molecular weight is 283 g/mol. The first-order valence-electron chi connectivity index (χ1n) is 7.17. The first-order chi connectivity index (χ1) is 10.1. The van der Waals surface area contributed by atoms with E-state index in [1.165, 1.54) is 0 Å². The van der Waals surface area contributed by atoms with Gasteiger partial charge in [-0.15, -0.1) is 0 Å². The number of carboxylic acid groups (broad SMARTS) is 1. The van der Waals surface area contributed by atoms with Crippen molar-refractivity contribution in [1.82, 2.24) is 0 Å². The number of hydrogen-bond acceptors (Lipinski definition) is 2. The van der Waals surface area contributed by atoms with Crippen LogP contribution in [-0.4, -0.2) is 17.0 Å². The van der Waals surface area contributed by atoms with Gasteiger partial charge in [-0.05, 0) is 35.7 Å². The maximum Gasteiger partial charge on any atom is 0.307 e. The number of hydrogen-bond donors (Lipinski definition) is 2. The number of carbonyl (C=O) groups excluding carboxylic acids is 1. The van der Waals surface area contributed by atoms with E-state index in [-0.39, 0.29) is 5.91 Å². The van der Waals surface area contributed by atoms with Crippen molar-refractivity contribution in [3.63, 3.8) is 0 Å². The van der Waals surface area contributed by atoms with Crippen molar-refractivity contribution in [1.29, 1.82) is 0 Å². The zero-order chi connectivity index (χ0) is 14.8. The topological polar surface area (TPSA) is 66.4 Å². The zero-order valence-corrected chi connectivity index (χ0v) is 11.6. The third-order valence-corrected chi connectivity index (χ3v) is 4.19. The molecule has 2 aromatic rings. The van der Waals surface area contributed by atoms with Gasteiger partial charge in [-0.25, -0.2) is 0 Å². The molecule has 0 heterocycles. The molecule has 0 aromatic heterocycles. The fraction of sp³-hybridized carbons (Fsp3) is 0.294. The van der Waals surface area contributed by atoms with Crippen LogP contribution in [0.5, 0.6) is 0 Å². The van der Waals surface area contributed by atoms with Gasteiger partial charge < -0.3 is 10.4 Å². The van der Waals surface area contributed by atoms with Crippen molar-refractivity contribution in [3.05, 3.63) is 42.5 Å². The molecule has 2 N–H and O–H groups in total. The van der Waals surface area contributed by atoms with E-state index in [9.17, 15) is 9.59 Å². The van der Waals surface area contributed by atoms with Crippen LogP contribution in [0.3, 0.4) is 0 Å². The van der Waals surface area contributed by atoms with Crippen molar-refractivity contribution in [2.75, 3.05) is 5.32 Å². The normalized spacial score (nSPS) is 21.3. The van der Waals surface area contributed by atoms with E-state index in [0.29, 0.717) is 12.8 Å². The van der Waals surface area contributed by atoms with Gasteiger partial charge in [-0.3, -0.25) is 9.59 Å². The highest BCUT2D eigenvalue weighted by Crippen LogP contribution is 2.33. The Labute approximate surface area is 122 Å². The number of nitrogens with one attached hydrogen (secondary N) is 1. The van der Waals surface area contributed by atoms with Gasteiger partial charge in [0.1, 0.15) is 0 Å². The number of carboxylic acids is 1. The second kappa shape index (κ2) is 5.56. The van der Waals surface area contributed by atoms with Gasteiger partial charge in [-0.1, -0.05) is 36.8 Å². The number of benzene rings is 2. The minimum absolute atomic E-state index is 0.185. The van der Waals surface area contributed by atoms with Crippen LogP contribution in [-0.2, 0) is 9.59 Å². The number of aliphatic carboxylic acids is 1. The van der Waals surface area contributed by atoms with Crippen molar-refractivity contribution < 1.29 is 14.7 Å². The number of anilines is 1. The minimum atomic E-state index is -0.869. The van der Waals surface area contributed by atoms with E-state index < -0.39 is 17.8 Å². The lowest BCUT2D eigenvalue weighted by atomic mass is 9.95. The zero-order valence-electron chi connectivity index (χ0n) is 11.6. The van der Waals surface area contributed by atoms with Gasteiger partial charge in [0.05, 0.1) is 11.8 Å². The largest absolute Gasteiger partial charge is 0.481 e. The number of rotatable bonds is 3. The van der Waals surface area contributed by atoms with Crippen LogP contribution in [0, 0.1) is 11.8 Å². The third kappa shape index (κ3) is 2.75. The summed E-state index contributed by atoms with van der Waals surface area (Å²) in [7, 11) is 0. The lowest BCUT2D eigenvalue weighted by Crippen LogP contribution is -2.29. The van der Waals surface area contributed by atoms with Crippen LogP contribution in [0.4, 0.5) is 5.69 Å². The molecule has 0 aliphatic heterocycles. The van der Waals surface area contributed by atoms with Gasteiger partial charge in [0.2, 0.25) is 5.91 Å². The number of fused-ring (bicyclic) bond motifs is 1. The Morgan fingerprint density at radius 2 is 1.71 bits per heavy atom. The lowest BCUT2D eigenvalue weighted by molar-refractivity contribution is -0.145. The predicted molar refractivity (Wildman–Crippen MR) is 81.0 cm³/mol. The molecule has 2 atom stereocenters. The van der Waals surface area contributed by atoms with Gasteiger partial charge in [0.25, 0.3) is 0 Å². The van der Waals surface area contributed by atoms with E-state index in [1.54, 1.807) is 0 Å². The summed E-state index contributed by atoms with van der Waals surface area (Å²) >= 11 is 0. The Bertz CT molecular complexity index is 695. The molecule has 1 amide bonds. The summed E-state index contributed by atoms with van der Waals surface area (Å²) in [5.74, 6) is -2.03. The maximum absolute atomic E-state index is 12.3. The van der Waals surface area contributed by atoms with Gasteiger partial charge in [-0.2, -0.15) is 0 Å². The summed E-state index contributed by atoms with van der Waals surface area (Å²) in [4.78, 5) is 23.5. The van der Waals surface area contributed by atoms with Crippen LogP contribution < -0.4 is 5.32 Å². The molecule has 0 spiro atoms. The first-order valence-corrected chi connectivity index (χ1v) is 7.17. The lowest BCUT2D eigenvalue weighted by Gasteiger charge is -2.15. The third-order valence-electron chi connectivity index (χ3n) is 4.19. The molecule has 0 bridgehead atoms. The molecular formula is C17H17NO3. The smallest absolute Gasteiger partial charge is 0.307 e. The van der Waals surface area contributed by atoms with E-state index in [4.69, 9.17) is 5.11 Å². The molecule has 4 nitrogen and oxygen atoms in total. The Hall–Kier alpha value is -2.36. The van der Waals surface area contributed by atoms with Gasteiger partial charge in [0.15, 0.2) is 0 Å². The Balaban J connectivity index is 1.78. The Morgan fingerprint density at radius 3 is 2.48 bits per heavy atom. The summed E-state index contributed by atoms with van der Waals surface area (Å²) in [6, 6.07) is 13.6.